The van der Waals surface area contributed by atoms with Crippen molar-refractivity contribution in [3.8, 4) is 0 Å². The molecule has 0 bridgehead atoms. The van der Waals surface area contributed by atoms with Crippen molar-refractivity contribution in [1.29, 1.82) is 0 Å². The smallest absolute Gasteiger partial charge is 0.229 e. The number of nitrogens with zero attached hydrogens (tertiary/aromatic N) is 4. The van der Waals surface area contributed by atoms with E-state index in [9.17, 15) is 9.18 Å². The highest BCUT2D eigenvalue weighted by atomic mass is 32.1. The summed E-state index contributed by atoms with van der Waals surface area (Å²) in [4.78, 5) is 23.8. The maximum absolute atomic E-state index is 13.9. The molecule has 2 aliphatic heterocycles. The van der Waals surface area contributed by atoms with Crippen LogP contribution in [0.15, 0.2) is 54.6 Å². The molecule has 7 heteroatoms. The summed E-state index contributed by atoms with van der Waals surface area (Å²) in [5, 5.41) is 0.805. The number of piperazine rings is 1. The Balaban J connectivity index is 1.09. The van der Waals surface area contributed by atoms with Gasteiger partial charge in [-0.3, -0.25) is 9.69 Å². The van der Waals surface area contributed by atoms with Gasteiger partial charge in [0, 0.05) is 45.8 Å². The first-order chi connectivity index (χ1) is 15.2. The highest BCUT2D eigenvalue weighted by Gasteiger charge is 2.37. The molecule has 1 aromatic heterocycles. The van der Waals surface area contributed by atoms with E-state index in [1.807, 2.05) is 29.2 Å². The number of rotatable bonds is 5. The SMILES string of the molecule is O=C(C1CN(c2nc3c(F)cccc3s2)C1)N1CCN(C/C=C/c2ccccc2)CC1. The van der Waals surface area contributed by atoms with Crippen molar-refractivity contribution >= 4 is 38.7 Å². The summed E-state index contributed by atoms with van der Waals surface area (Å²) in [5.41, 5.74) is 1.64. The molecule has 5 rings (SSSR count). The average Bonchev–Trinajstić information content (AvgIpc) is 3.19. The van der Waals surface area contributed by atoms with Gasteiger partial charge in [0.25, 0.3) is 0 Å². The number of hydrogen-bond donors (Lipinski definition) is 0. The van der Waals surface area contributed by atoms with E-state index < -0.39 is 0 Å². The molecule has 160 valence electrons. The third-order valence-electron chi connectivity index (χ3n) is 6.02. The van der Waals surface area contributed by atoms with Crippen LogP contribution in [0.4, 0.5) is 9.52 Å². The number of anilines is 1. The van der Waals surface area contributed by atoms with Crippen molar-refractivity contribution in [2.45, 2.75) is 0 Å². The van der Waals surface area contributed by atoms with Crippen LogP contribution in [0.2, 0.25) is 0 Å². The molecular formula is C24H25FN4OS. The minimum Gasteiger partial charge on any atom is -0.346 e. The second-order valence-corrected chi connectivity index (χ2v) is 9.13. The quantitative estimate of drug-likeness (QED) is 0.611. The Morgan fingerprint density at radius 1 is 1.06 bits per heavy atom. The summed E-state index contributed by atoms with van der Waals surface area (Å²) in [5.74, 6) is -0.0333. The number of amides is 1. The fourth-order valence-corrected chi connectivity index (χ4v) is 5.14. The molecule has 0 radical (unpaired) electrons. The Hall–Kier alpha value is -2.77. The fourth-order valence-electron chi connectivity index (χ4n) is 4.14. The maximum Gasteiger partial charge on any atom is 0.229 e. The molecule has 0 N–H and O–H groups in total. The summed E-state index contributed by atoms with van der Waals surface area (Å²) >= 11 is 1.49. The van der Waals surface area contributed by atoms with Crippen LogP contribution in [-0.4, -0.2) is 66.5 Å². The second-order valence-electron chi connectivity index (χ2n) is 8.12. The highest BCUT2D eigenvalue weighted by molar-refractivity contribution is 7.22. The minimum atomic E-state index is -0.287. The first-order valence-corrected chi connectivity index (χ1v) is 11.5. The van der Waals surface area contributed by atoms with Crippen LogP contribution in [0.25, 0.3) is 16.3 Å². The fraction of sp³-hybridized carbons (Fsp3) is 0.333. The molecule has 0 aliphatic carbocycles. The third-order valence-corrected chi connectivity index (χ3v) is 7.10. The van der Waals surface area contributed by atoms with Crippen LogP contribution < -0.4 is 4.90 Å². The largest absolute Gasteiger partial charge is 0.346 e. The molecular weight excluding hydrogens is 411 g/mol. The Kier molecular flexibility index (Phi) is 5.70. The van der Waals surface area contributed by atoms with Crippen molar-refractivity contribution in [2.24, 2.45) is 5.92 Å². The standard InChI is InChI=1S/C24H25FN4OS/c25-20-9-4-10-21-22(20)26-24(31-21)29-16-19(17-29)23(30)28-14-12-27(13-15-28)11-5-8-18-6-2-1-3-7-18/h1-10,19H,11-17H2/b8-5+. The van der Waals surface area contributed by atoms with Crippen molar-refractivity contribution < 1.29 is 9.18 Å². The average molecular weight is 437 g/mol. The number of aromatic nitrogens is 1. The molecule has 2 fully saturated rings. The summed E-state index contributed by atoms with van der Waals surface area (Å²) in [6.07, 6.45) is 4.34. The van der Waals surface area contributed by atoms with Gasteiger partial charge in [0.05, 0.1) is 10.6 Å². The van der Waals surface area contributed by atoms with Crippen molar-refractivity contribution in [1.82, 2.24) is 14.8 Å². The Bertz CT molecular complexity index is 1090. The summed E-state index contributed by atoms with van der Waals surface area (Å²) < 4.78 is 14.7. The molecule has 3 aromatic rings. The van der Waals surface area contributed by atoms with Crippen LogP contribution in [0.3, 0.4) is 0 Å². The van der Waals surface area contributed by atoms with Gasteiger partial charge in [-0.05, 0) is 17.7 Å². The van der Waals surface area contributed by atoms with Crippen LogP contribution in [0.5, 0.6) is 0 Å². The van der Waals surface area contributed by atoms with E-state index in [1.54, 1.807) is 6.07 Å². The van der Waals surface area contributed by atoms with Crippen molar-refractivity contribution in [3.05, 3.63) is 66.0 Å². The predicted octanol–water partition coefficient (Wildman–Crippen LogP) is 3.73. The van der Waals surface area contributed by atoms with E-state index in [1.165, 1.54) is 23.0 Å². The van der Waals surface area contributed by atoms with Crippen LogP contribution >= 0.6 is 11.3 Å². The number of hydrogen-bond acceptors (Lipinski definition) is 5. The number of benzene rings is 2. The van der Waals surface area contributed by atoms with E-state index in [4.69, 9.17) is 0 Å². The van der Waals surface area contributed by atoms with E-state index in [2.05, 4.69) is 39.1 Å². The molecule has 1 amide bonds. The number of halogens is 1. The molecule has 2 saturated heterocycles. The van der Waals surface area contributed by atoms with E-state index in [0.717, 1.165) is 42.6 Å². The molecule has 0 saturated carbocycles. The van der Waals surface area contributed by atoms with Crippen molar-refractivity contribution in [3.63, 3.8) is 0 Å². The number of fused-ring (bicyclic) bond motifs is 1. The van der Waals surface area contributed by atoms with Crippen LogP contribution in [0, 0.1) is 11.7 Å². The zero-order valence-corrected chi connectivity index (χ0v) is 18.1. The number of thiazole rings is 1. The molecule has 2 aliphatic rings. The first-order valence-electron chi connectivity index (χ1n) is 10.7. The number of para-hydroxylation sites is 1. The van der Waals surface area contributed by atoms with Gasteiger partial charge >= 0.3 is 0 Å². The molecule has 5 nitrogen and oxygen atoms in total. The lowest BCUT2D eigenvalue weighted by molar-refractivity contribution is -0.138. The monoisotopic (exact) mass is 436 g/mol. The Morgan fingerprint density at radius 2 is 1.84 bits per heavy atom. The Labute approximate surface area is 185 Å². The summed E-state index contributed by atoms with van der Waals surface area (Å²) in [6.45, 7) is 5.60. The van der Waals surface area contributed by atoms with Gasteiger partial charge in [-0.2, -0.15) is 0 Å². The van der Waals surface area contributed by atoms with Gasteiger partial charge in [-0.15, -0.1) is 0 Å². The van der Waals surface area contributed by atoms with Gasteiger partial charge in [0.15, 0.2) is 5.13 Å². The van der Waals surface area contributed by atoms with Gasteiger partial charge in [0.1, 0.15) is 11.3 Å². The van der Waals surface area contributed by atoms with Crippen molar-refractivity contribution in [2.75, 3.05) is 50.7 Å². The molecule has 2 aromatic carbocycles. The zero-order valence-electron chi connectivity index (χ0n) is 17.3. The van der Waals surface area contributed by atoms with Gasteiger partial charge in [-0.1, -0.05) is 59.9 Å². The van der Waals surface area contributed by atoms with Gasteiger partial charge in [0.2, 0.25) is 5.91 Å². The maximum atomic E-state index is 13.9. The number of carbonyl (C=O) groups excluding carboxylic acids is 1. The first kappa shape index (κ1) is 20.2. The van der Waals surface area contributed by atoms with E-state index in [-0.39, 0.29) is 17.6 Å². The molecule has 3 heterocycles. The summed E-state index contributed by atoms with van der Waals surface area (Å²) in [7, 11) is 0. The molecule has 0 spiro atoms. The topological polar surface area (TPSA) is 39.7 Å². The lowest BCUT2D eigenvalue weighted by atomic mass is 9.99. The van der Waals surface area contributed by atoms with Gasteiger partial charge in [-0.25, -0.2) is 9.37 Å². The normalized spacial score (nSPS) is 18.1. The zero-order chi connectivity index (χ0) is 21.2. The summed E-state index contributed by atoms with van der Waals surface area (Å²) in [6, 6.07) is 15.3. The van der Waals surface area contributed by atoms with Crippen LogP contribution in [-0.2, 0) is 4.79 Å². The molecule has 0 unspecified atom stereocenters. The van der Waals surface area contributed by atoms with E-state index >= 15 is 0 Å². The molecule has 0 atom stereocenters. The number of carbonyl (C=O) groups is 1. The van der Waals surface area contributed by atoms with E-state index in [0.29, 0.717) is 18.6 Å². The lowest BCUT2D eigenvalue weighted by Crippen LogP contribution is -2.58. The highest BCUT2D eigenvalue weighted by Crippen LogP contribution is 2.34. The molecule has 31 heavy (non-hydrogen) atoms. The van der Waals surface area contributed by atoms with Crippen LogP contribution in [0.1, 0.15) is 5.56 Å². The lowest BCUT2D eigenvalue weighted by Gasteiger charge is -2.42. The second kappa shape index (κ2) is 8.77. The Morgan fingerprint density at radius 3 is 2.58 bits per heavy atom. The third kappa shape index (κ3) is 4.34. The van der Waals surface area contributed by atoms with Gasteiger partial charge < -0.3 is 9.80 Å². The minimum absolute atomic E-state index is 0.0152. The predicted molar refractivity (Wildman–Crippen MR) is 124 cm³/mol.